The topological polar surface area (TPSA) is 107 Å². The van der Waals surface area contributed by atoms with Gasteiger partial charge in [-0.2, -0.15) is 0 Å². The summed E-state index contributed by atoms with van der Waals surface area (Å²) in [4.78, 5) is 38.1. The second-order valence-electron chi connectivity index (χ2n) is 4.32. The molecule has 1 amide bonds. The van der Waals surface area contributed by atoms with Gasteiger partial charge in [0.15, 0.2) is 0 Å². The van der Waals surface area contributed by atoms with Crippen molar-refractivity contribution >= 4 is 5.91 Å². The number of amides is 1. The van der Waals surface area contributed by atoms with E-state index < -0.39 is 17.2 Å². The Morgan fingerprint density at radius 3 is 2.84 bits per heavy atom. The number of hydrogen-bond donors (Lipinski definition) is 4. The second kappa shape index (κ2) is 6.14. The summed E-state index contributed by atoms with van der Waals surface area (Å²) >= 11 is 0. The van der Waals surface area contributed by atoms with Crippen molar-refractivity contribution in [2.45, 2.75) is 12.8 Å². The average molecular weight is 264 g/mol. The van der Waals surface area contributed by atoms with Crippen LogP contribution in [0.5, 0.6) is 0 Å². The predicted octanol–water partition coefficient (Wildman–Crippen LogP) is -0.897. The summed E-state index contributed by atoms with van der Waals surface area (Å²) in [5.41, 5.74) is 0.0140. The lowest BCUT2D eigenvalue weighted by atomic mass is 10.1. The molecule has 0 saturated carbocycles. The van der Waals surface area contributed by atoms with Crippen molar-refractivity contribution in [2.75, 3.05) is 19.6 Å². The summed E-state index contributed by atoms with van der Waals surface area (Å²) in [5.74, 6) is -0.447. The third kappa shape index (κ3) is 3.92. The van der Waals surface area contributed by atoms with E-state index >= 15 is 0 Å². The van der Waals surface area contributed by atoms with Crippen LogP contribution in [0, 0.1) is 0 Å². The molecule has 19 heavy (non-hydrogen) atoms. The summed E-state index contributed by atoms with van der Waals surface area (Å²) in [6, 6.07) is 1.07. The first-order chi connectivity index (χ1) is 9.15. The van der Waals surface area contributed by atoms with E-state index in [0.29, 0.717) is 6.54 Å². The van der Waals surface area contributed by atoms with Crippen LogP contribution >= 0.6 is 0 Å². The molecule has 1 aliphatic heterocycles. The summed E-state index contributed by atoms with van der Waals surface area (Å²) in [6.07, 6.45) is 3.88. The number of hydrogen-bond acceptors (Lipinski definition) is 4. The lowest BCUT2D eigenvalue weighted by Gasteiger charge is -2.14. The van der Waals surface area contributed by atoms with Crippen LogP contribution in [0.25, 0.3) is 0 Å². The molecule has 1 aromatic rings. The average Bonchev–Trinajstić information content (AvgIpc) is 2.38. The number of H-pyrrole nitrogens is 2. The molecule has 2 rings (SSSR count). The molecule has 0 saturated heterocycles. The summed E-state index contributed by atoms with van der Waals surface area (Å²) in [5, 5.41) is 5.89. The lowest BCUT2D eigenvalue weighted by molar-refractivity contribution is 0.0948. The van der Waals surface area contributed by atoms with Crippen molar-refractivity contribution < 1.29 is 4.79 Å². The summed E-state index contributed by atoms with van der Waals surface area (Å²) in [7, 11) is 0. The highest BCUT2D eigenvalue weighted by Crippen LogP contribution is 2.07. The van der Waals surface area contributed by atoms with E-state index in [-0.39, 0.29) is 5.69 Å². The smallest absolute Gasteiger partial charge is 0.326 e. The third-order valence-corrected chi connectivity index (χ3v) is 2.89. The van der Waals surface area contributed by atoms with Gasteiger partial charge in [0, 0.05) is 19.2 Å². The molecule has 1 aromatic heterocycles. The van der Waals surface area contributed by atoms with Crippen molar-refractivity contribution in [3.63, 3.8) is 0 Å². The van der Waals surface area contributed by atoms with E-state index in [2.05, 4.69) is 21.7 Å². The van der Waals surface area contributed by atoms with Gasteiger partial charge in [-0.1, -0.05) is 11.6 Å². The van der Waals surface area contributed by atoms with Gasteiger partial charge in [0.1, 0.15) is 5.69 Å². The number of carbonyl (C=O) groups is 1. The van der Waals surface area contributed by atoms with Crippen LogP contribution < -0.4 is 21.9 Å². The minimum atomic E-state index is -0.682. The van der Waals surface area contributed by atoms with Crippen LogP contribution in [0.4, 0.5) is 0 Å². The quantitative estimate of drug-likeness (QED) is 0.529. The minimum Gasteiger partial charge on any atom is -0.350 e. The van der Waals surface area contributed by atoms with Crippen LogP contribution in [-0.4, -0.2) is 35.5 Å². The van der Waals surface area contributed by atoms with Gasteiger partial charge >= 0.3 is 5.69 Å². The second-order valence-corrected chi connectivity index (χ2v) is 4.32. The summed E-state index contributed by atoms with van der Waals surface area (Å²) in [6.45, 7) is 2.31. The highest BCUT2D eigenvalue weighted by atomic mass is 16.2. The molecule has 0 unspecified atom stereocenters. The Morgan fingerprint density at radius 1 is 1.32 bits per heavy atom. The molecule has 0 spiro atoms. The fraction of sp³-hybridized carbons (Fsp3) is 0.417. The Hall–Kier alpha value is -2.15. The number of rotatable bonds is 4. The van der Waals surface area contributed by atoms with E-state index in [0.717, 1.165) is 32.0 Å². The molecule has 4 N–H and O–H groups in total. The van der Waals surface area contributed by atoms with E-state index in [1.165, 1.54) is 5.57 Å². The maximum absolute atomic E-state index is 11.7. The Bertz CT molecular complexity index is 571. The van der Waals surface area contributed by atoms with E-state index in [9.17, 15) is 14.4 Å². The zero-order chi connectivity index (χ0) is 13.7. The first-order valence-corrected chi connectivity index (χ1v) is 6.15. The van der Waals surface area contributed by atoms with Gasteiger partial charge in [-0.05, 0) is 19.4 Å². The first-order valence-electron chi connectivity index (χ1n) is 6.15. The summed E-state index contributed by atoms with van der Waals surface area (Å²) < 4.78 is 0. The zero-order valence-electron chi connectivity index (χ0n) is 10.4. The number of carbonyl (C=O) groups excluding carboxylic acids is 1. The van der Waals surface area contributed by atoms with Crippen LogP contribution in [0.2, 0.25) is 0 Å². The number of aromatic amines is 2. The maximum Gasteiger partial charge on any atom is 0.326 e. The molecule has 0 aliphatic carbocycles. The minimum absolute atomic E-state index is 0.0203. The Balaban J connectivity index is 1.89. The molecule has 7 nitrogen and oxygen atoms in total. The van der Waals surface area contributed by atoms with Gasteiger partial charge in [-0.15, -0.1) is 0 Å². The third-order valence-electron chi connectivity index (χ3n) is 2.89. The molecule has 0 aromatic carbocycles. The van der Waals surface area contributed by atoms with Gasteiger partial charge in [0.25, 0.3) is 11.5 Å². The molecular weight excluding hydrogens is 248 g/mol. The molecule has 2 heterocycles. The van der Waals surface area contributed by atoms with Gasteiger partial charge in [-0.25, -0.2) is 4.79 Å². The van der Waals surface area contributed by atoms with Crippen LogP contribution in [0.1, 0.15) is 23.3 Å². The fourth-order valence-corrected chi connectivity index (χ4v) is 1.92. The predicted molar refractivity (Wildman–Crippen MR) is 70.2 cm³/mol. The van der Waals surface area contributed by atoms with Crippen LogP contribution in [0.3, 0.4) is 0 Å². The normalized spacial score (nSPS) is 14.8. The standard InChI is InChI=1S/C12H16N4O3/c17-10-7-9(15-12(19)16-10)11(18)14-6-3-8-1-4-13-5-2-8/h1,7,13H,2-6H2,(H,14,18)(H2,15,16,17,19). The van der Waals surface area contributed by atoms with Crippen LogP contribution in [-0.2, 0) is 0 Å². The van der Waals surface area contributed by atoms with Crippen molar-refractivity contribution in [3.05, 3.63) is 44.2 Å². The maximum atomic E-state index is 11.7. The SMILES string of the molecule is O=C(NCCC1=CCNCC1)c1cc(=O)[nH]c(=O)[nH]1. The van der Waals surface area contributed by atoms with Crippen molar-refractivity contribution in [1.82, 2.24) is 20.6 Å². The molecule has 7 heteroatoms. The van der Waals surface area contributed by atoms with Crippen molar-refractivity contribution in [3.8, 4) is 0 Å². The van der Waals surface area contributed by atoms with Crippen molar-refractivity contribution in [2.24, 2.45) is 0 Å². The monoisotopic (exact) mass is 264 g/mol. The van der Waals surface area contributed by atoms with E-state index in [1.807, 2.05) is 4.98 Å². The van der Waals surface area contributed by atoms with Gasteiger partial charge < -0.3 is 15.6 Å². The van der Waals surface area contributed by atoms with Crippen molar-refractivity contribution in [1.29, 1.82) is 0 Å². The zero-order valence-corrected chi connectivity index (χ0v) is 10.4. The molecule has 0 fully saturated rings. The lowest BCUT2D eigenvalue weighted by Crippen LogP contribution is -2.31. The first kappa shape index (κ1) is 13.3. The fourth-order valence-electron chi connectivity index (χ4n) is 1.92. The Kier molecular flexibility index (Phi) is 4.30. The largest absolute Gasteiger partial charge is 0.350 e. The highest BCUT2D eigenvalue weighted by molar-refractivity contribution is 5.91. The molecule has 0 radical (unpaired) electrons. The van der Waals surface area contributed by atoms with Gasteiger partial charge in [0.2, 0.25) is 0 Å². The van der Waals surface area contributed by atoms with Gasteiger partial charge in [-0.3, -0.25) is 14.6 Å². The van der Waals surface area contributed by atoms with Crippen LogP contribution in [0.15, 0.2) is 27.3 Å². The van der Waals surface area contributed by atoms with E-state index in [1.54, 1.807) is 0 Å². The Labute approximate surface area is 109 Å². The number of nitrogens with one attached hydrogen (secondary N) is 4. The molecule has 0 bridgehead atoms. The molecule has 102 valence electrons. The van der Waals surface area contributed by atoms with E-state index in [4.69, 9.17) is 0 Å². The van der Waals surface area contributed by atoms with Gasteiger partial charge in [0.05, 0.1) is 0 Å². The Morgan fingerprint density at radius 2 is 2.16 bits per heavy atom. The molecule has 0 atom stereocenters. The number of aromatic nitrogens is 2. The highest BCUT2D eigenvalue weighted by Gasteiger charge is 2.08. The molecule has 1 aliphatic rings. The molecular formula is C12H16N4O3.